The van der Waals surface area contributed by atoms with Crippen LogP contribution in [0.4, 0.5) is 10.8 Å². The predicted octanol–water partition coefficient (Wildman–Crippen LogP) is 9.26. The van der Waals surface area contributed by atoms with Crippen molar-refractivity contribution in [1.82, 2.24) is 4.98 Å². The highest BCUT2D eigenvalue weighted by Gasteiger charge is 2.29. The highest BCUT2D eigenvalue weighted by atomic mass is 35.5. The fraction of sp³-hybridized carbons (Fsp3) is 0.0345. The molecule has 0 unspecified atom stereocenters. The van der Waals surface area contributed by atoms with E-state index in [1.165, 1.54) is 23.1 Å². The van der Waals surface area contributed by atoms with Gasteiger partial charge in [0.25, 0.3) is 5.91 Å². The van der Waals surface area contributed by atoms with E-state index in [0.29, 0.717) is 10.8 Å². The number of amides is 2. The lowest BCUT2D eigenvalue weighted by molar-refractivity contribution is -0.113. The largest absolute Gasteiger partial charge is 0.478 e. The minimum atomic E-state index is -1.49. The second-order valence-corrected chi connectivity index (χ2v) is 12.1. The summed E-state index contributed by atoms with van der Waals surface area (Å²) in [6.07, 6.45) is 0. The molecule has 42 heavy (non-hydrogen) atoms. The van der Waals surface area contributed by atoms with Gasteiger partial charge in [-0.25, -0.2) is 9.78 Å². The van der Waals surface area contributed by atoms with Gasteiger partial charge in [0.15, 0.2) is 5.13 Å². The summed E-state index contributed by atoms with van der Waals surface area (Å²) < 4.78 is 0. The molecule has 0 aliphatic rings. The maximum absolute atomic E-state index is 12.9. The number of hydrogen-bond donors (Lipinski definition) is 3. The Hall–Kier alpha value is -3.31. The Morgan fingerprint density at radius 3 is 2.17 bits per heavy atom. The number of fused-ring (bicyclic) bond motifs is 1. The van der Waals surface area contributed by atoms with E-state index >= 15 is 0 Å². The van der Waals surface area contributed by atoms with Crippen LogP contribution in [0.3, 0.4) is 0 Å². The molecule has 5 rings (SSSR count). The summed E-state index contributed by atoms with van der Waals surface area (Å²) in [4.78, 5) is 42.5. The first-order chi connectivity index (χ1) is 20.1. The van der Waals surface area contributed by atoms with Crippen molar-refractivity contribution in [1.29, 1.82) is 0 Å². The van der Waals surface area contributed by atoms with Crippen LogP contribution in [0.2, 0.25) is 20.1 Å². The molecule has 3 N–H and O–H groups in total. The van der Waals surface area contributed by atoms with E-state index in [2.05, 4.69) is 21.7 Å². The van der Waals surface area contributed by atoms with E-state index < -0.39 is 28.0 Å². The molecule has 5 aromatic rings. The molecule has 0 bridgehead atoms. The Balaban J connectivity index is 1.19. The fourth-order valence-electron chi connectivity index (χ4n) is 3.99. The summed E-state index contributed by atoms with van der Waals surface area (Å²) in [6.45, 7) is 0. The number of nitrogens with one attached hydrogen (secondary N) is 2. The van der Waals surface area contributed by atoms with Crippen molar-refractivity contribution >= 4 is 109 Å². The highest BCUT2D eigenvalue weighted by molar-refractivity contribution is 8.00. The lowest BCUT2D eigenvalue weighted by Crippen LogP contribution is -2.18. The summed E-state index contributed by atoms with van der Waals surface area (Å²) in [5.41, 5.74) is 1.13. The van der Waals surface area contributed by atoms with Crippen LogP contribution in [0.25, 0.3) is 22.0 Å². The van der Waals surface area contributed by atoms with Gasteiger partial charge in [-0.05, 0) is 41.1 Å². The Morgan fingerprint density at radius 1 is 0.810 bits per heavy atom. The lowest BCUT2D eigenvalue weighted by atomic mass is 10.1. The predicted molar refractivity (Wildman–Crippen MR) is 172 cm³/mol. The monoisotopic (exact) mass is 675 g/mol. The molecule has 212 valence electrons. The van der Waals surface area contributed by atoms with E-state index in [9.17, 15) is 19.5 Å². The van der Waals surface area contributed by atoms with Crippen molar-refractivity contribution in [3.63, 3.8) is 0 Å². The number of rotatable bonds is 8. The van der Waals surface area contributed by atoms with Gasteiger partial charge in [-0.1, -0.05) is 82.8 Å². The van der Waals surface area contributed by atoms with Crippen LogP contribution in [0.1, 0.15) is 20.7 Å². The first-order valence-electron chi connectivity index (χ1n) is 12.0. The minimum Gasteiger partial charge on any atom is -0.478 e. The fourth-order valence-corrected chi connectivity index (χ4v) is 6.44. The third-order valence-electron chi connectivity index (χ3n) is 5.99. The number of aromatic carboxylic acids is 1. The number of nitrogens with zero attached hydrogens (tertiary/aromatic N) is 1. The second-order valence-electron chi connectivity index (χ2n) is 8.73. The SMILES string of the molecule is O=C(CSc1ccc(NC(=O)c2c(Cl)c(Cl)c(Cl)c(Cl)c2C(=O)O)cc1)Nc1nc(-c2ccc3ccccc3c2)cs1. The van der Waals surface area contributed by atoms with Gasteiger partial charge in [-0.3, -0.25) is 9.59 Å². The number of anilines is 2. The van der Waals surface area contributed by atoms with Crippen molar-refractivity contribution < 1.29 is 19.5 Å². The summed E-state index contributed by atoms with van der Waals surface area (Å²) in [5, 5.41) is 18.4. The number of benzene rings is 4. The van der Waals surface area contributed by atoms with Gasteiger partial charge in [0.05, 0.1) is 42.7 Å². The van der Waals surface area contributed by atoms with Gasteiger partial charge in [0, 0.05) is 21.5 Å². The molecule has 0 spiro atoms. The molecule has 0 saturated heterocycles. The van der Waals surface area contributed by atoms with Crippen LogP contribution < -0.4 is 10.6 Å². The lowest BCUT2D eigenvalue weighted by Gasteiger charge is -2.14. The number of carboxylic acid groups (broad SMARTS) is 1. The van der Waals surface area contributed by atoms with Crippen molar-refractivity contribution in [2.45, 2.75) is 4.90 Å². The van der Waals surface area contributed by atoms with Crippen LogP contribution in [0.15, 0.2) is 77.0 Å². The quantitative estimate of drug-likeness (QED) is 0.0859. The van der Waals surface area contributed by atoms with Crippen molar-refractivity contribution in [2.24, 2.45) is 0 Å². The average Bonchev–Trinajstić information content (AvgIpc) is 3.45. The summed E-state index contributed by atoms with van der Waals surface area (Å²) >= 11 is 26.8. The standard InChI is InChI=1S/C29H17Cl4N3O4S2/c30-23-21(22(28(39)40)24(31)26(33)25(23)32)27(38)34-17-7-9-18(10-8-17)41-13-20(37)36-29-35-19(12-42-29)16-6-5-14-3-1-2-4-15(14)11-16/h1-12H,13H2,(H,34,38)(H,39,40)(H,35,36,37). The van der Waals surface area contributed by atoms with Crippen LogP contribution >= 0.6 is 69.5 Å². The second kappa shape index (κ2) is 12.9. The Labute approximate surface area is 267 Å². The van der Waals surface area contributed by atoms with Crippen molar-refractivity contribution in [3.8, 4) is 11.3 Å². The van der Waals surface area contributed by atoms with Crippen molar-refractivity contribution in [2.75, 3.05) is 16.4 Å². The highest BCUT2D eigenvalue weighted by Crippen LogP contribution is 2.42. The van der Waals surface area contributed by atoms with Crippen LogP contribution in [-0.4, -0.2) is 33.6 Å². The number of halogens is 4. The van der Waals surface area contributed by atoms with Crippen LogP contribution in [-0.2, 0) is 4.79 Å². The first-order valence-corrected chi connectivity index (χ1v) is 15.4. The molecule has 0 radical (unpaired) electrons. The number of thioether (sulfide) groups is 1. The normalized spacial score (nSPS) is 11.0. The maximum atomic E-state index is 12.9. The molecule has 13 heteroatoms. The average molecular weight is 677 g/mol. The molecule has 0 saturated carbocycles. The summed E-state index contributed by atoms with van der Waals surface area (Å²) in [5.74, 6) is -2.40. The molecular weight excluding hydrogens is 660 g/mol. The number of carbonyl (C=O) groups excluding carboxylic acids is 2. The van der Waals surface area contributed by atoms with E-state index in [1.807, 2.05) is 41.8 Å². The molecule has 1 aromatic heterocycles. The maximum Gasteiger partial charge on any atom is 0.338 e. The number of carbonyl (C=O) groups is 3. The zero-order chi connectivity index (χ0) is 30.0. The molecule has 4 aromatic carbocycles. The van der Waals surface area contributed by atoms with Gasteiger partial charge >= 0.3 is 5.97 Å². The first kappa shape index (κ1) is 30.2. The molecule has 7 nitrogen and oxygen atoms in total. The molecule has 1 heterocycles. The summed E-state index contributed by atoms with van der Waals surface area (Å²) in [7, 11) is 0. The number of carboxylic acids is 1. The molecule has 2 amide bonds. The molecule has 0 fully saturated rings. The smallest absolute Gasteiger partial charge is 0.338 e. The molecule has 0 aliphatic carbocycles. The third-order valence-corrected chi connectivity index (χ3v) is 9.56. The Bertz CT molecular complexity index is 1860. The van der Waals surface area contributed by atoms with Gasteiger partial charge in [-0.15, -0.1) is 23.1 Å². The van der Waals surface area contributed by atoms with Crippen LogP contribution in [0.5, 0.6) is 0 Å². The third kappa shape index (κ3) is 6.52. The van der Waals surface area contributed by atoms with Crippen molar-refractivity contribution in [3.05, 3.63) is 103 Å². The van der Waals surface area contributed by atoms with Gasteiger partial charge in [0.1, 0.15) is 0 Å². The summed E-state index contributed by atoms with van der Waals surface area (Å²) in [6, 6.07) is 20.8. The van der Waals surface area contributed by atoms with E-state index in [0.717, 1.165) is 26.9 Å². The van der Waals surface area contributed by atoms with Gasteiger partial charge in [0.2, 0.25) is 5.91 Å². The van der Waals surface area contributed by atoms with E-state index in [1.54, 1.807) is 24.3 Å². The Morgan fingerprint density at radius 2 is 1.48 bits per heavy atom. The van der Waals surface area contributed by atoms with Crippen LogP contribution in [0, 0.1) is 0 Å². The zero-order valence-electron chi connectivity index (χ0n) is 21.1. The zero-order valence-corrected chi connectivity index (χ0v) is 25.7. The number of aromatic nitrogens is 1. The topological polar surface area (TPSA) is 108 Å². The van der Waals surface area contributed by atoms with Gasteiger partial charge < -0.3 is 15.7 Å². The minimum absolute atomic E-state index is 0.135. The molecule has 0 atom stereocenters. The number of hydrogen-bond acceptors (Lipinski definition) is 6. The Kier molecular flexibility index (Phi) is 9.27. The van der Waals surface area contributed by atoms with E-state index in [4.69, 9.17) is 46.4 Å². The molecular formula is C29H17Cl4N3O4S2. The van der Waals surface area contributed by atoms with Gasteiger partial charge in [-0.2, -0.15) is 0 Å². The number of thiazole rings is 1. The van der Waals surface area contributed by atoms with E-state index in [-0.39, 0.29) is 26.7 Å². The molecule has 0 aliphatic heterocycles.